The van der Waals surface area contributed by atoms with Crippen LogP contribution in [0.25, 0.3) is 11.3 Å². The number of carbonyl (C=O) groups is 2. The van der Waals surface area contributed by atoms with E-state index >= 15 is 0 Å². The third-order valence-corrected chi connectivity index (χ3v) is 7.27. The van der Waals surface area contributed by atoms with E-state index in [2.05, 4.69) is 10.3 Å². The Labute approximate surface area is 200 Å². The Kier molecular flexibility index (Phi) is 7.49. The minimum absolute atomic E-state index is 0.0186. The molecule has 0 bridgehead atoms. The summed E-state index contributed by atoms with van der Waals surface area (Å²) in [5, 5.41) is 24.0. The summed E-state index contributed by atoms with van der Waals surface area (Å²) in [6.45, 7) is 1.97. The first-order valence-electron chi connectivity index (χ1n) is 9.80. The van der Waals surface area contributed by atoms with Crippen molar-refractivity contribution < 1.29 is 28.2 Å². The highest BCUT2D eigenvalue weighted by Gasteiger charge is 2.22. The number of hydrogen-bond donors (Lipinski definition) is 3. The third-order valence-electron chi connectivity index (χ3n) is 4.75. The second kappa shape index (κ2) is 10.3. The lowest BCUT2D eigenvalue weighted by Crippen LogP contribution is -2.13. The van der Waals surface area contributed by atoms with Gasteiger partial charge in [-0.25, -0.2) is 22.0 Å². The van der Waals surface area contributed by atoms with Gasteiger partial charge in [0.1, 0.15) is 4.90 Å². The summed E-state index contributed by atoms with van der Waals surface area (Å²) in [4.78, 5) is 24.8. The zero-order valence-corrected chi connectivity index (χ0v) is 19.8. The number of nitrogens with one attached hydrogen (secondary N) is 1. The van der Waals surface area contributed by atoms with Crippen molar-refractivity contribution >= 4 is 39.0 Å². The number of thiophene rings is 1. The van der Waals surface area contributed by atoms with Gasteiger partial charge in [-0.3, -0.25) is 4.98 Å². The predicted octanol–water partition coefficient (Wildman–Crippen LogP) is 4.28. The van der Waals surface area contributed by atoms with E-state index in [1.54, 1.807) is 42.9 Å². The standard InChI is InChI=1S/C15H15N3O2S2.C8H6O4/c1-11-9-21-10-14(11)15-6-12(16-2)8-18(15)22(19,20)13-4-3-5-17-7-13;9-7(10)5-2-1-3-6(4-5)8(11)12/h3-10,16H,1-2H3;1-4H,(H,9,10)(H,11,12). The Bertz CT molecular complexity index is 1400. The van der Waals surface area contributed by atoms with Gasteiger partial charge in [0.2, 0.25) is 0 Å². The monoisotopic (exact) mass is 499 g/mol. The van der Waals surface area contributed by atoms with Crippen LogP contribution in [-0.2, 0) is 10.0 Å². The molecular formula is C23H21N3O6S2. The number of aryl methyl sites for hydroxylation is 1. The zero-order chi connectivity index (χ0) is 24.9. The molecule has 0 saturated carbocycles. The van der Waals surface area contributed by atoms with Crippen molar-refractivity contribution in [2.75, 3.05) is 12.4 Å². The number of pyridine rings is 1. The summed E-state index contributed by atoms with van der Waals surface area (Å²) in [6.07, 6.45) is 4.51. The van der Waals surface area contributed by atoms with Gasteiger partial charge < -0.3 is 15.5 Å². The molecule has 4 aromatic rings. The normalized spacial score (nSPS) is 10.8. The van der Waals surface area contributed by atoms with Gasteiger partial charge in [0, 0.05) is 36.6 Å². The van der Waals surface area contributed by atoms with Gasteiger partial charge in [0.15, 0.2) is 0 Å². The van der Waals surface area contributed by atoms with Crippen LogP contribution in [0.5, 0.6) is 0 Å². The molecule has 0 aliphatic rings. The highest BCUT2D eigenvalue weighted by Crippen LogP contribution is 2.32. The van der Waals surface area contributed by atoms with E-state index in [1.165, 1.54) is 28.4 Å². The maximum Gasteiger partial charge on any atom is 0.335 e. The molecule has 0 aliphatic heterocycles. The van der Waals surface area contributed by atoms with Crippen LogP contribution in [0.2, 0.25) is 0 Å². The number of benzene rings is 1. The molecule has 3 heterocycles. The maximum absolute atomic E-state index is 12.9. The van der Waals surface area contributed by atoms with E-state index in [0.717, 1.165) is 22.9 Å². The summed E-state index contributed by atoms with van der Waals surface area (Å²) in [7, 11) is -1.92. The smallest absolute Gasteiger partial charge is 0.335 e. The Hall–Kier alpha value is -3.96. The van der Waals surface area contributed by atoms with Gasteiger partial charge in [-0.1, -0.05) is 6.07 Å². The molecule has 0 aliphatic carbocycles. The Morgan fingerprint density at radius 2 is 1.71 bits per heavy atom. The SMILES string of the molecule is CNc1cc(-c2cscc2C)n(S(=O)(=O)c2cccnc2)c1.O=C(O)c1cccc(C(=O)O)c1. The fourth-order valence-electron chi connectivity index (χ4n) is 3.00. The van der Waals surface area contributed by atoms with Crippen molar-refractivity contribution in [1.29, 1.82) is 0 Å². The Balaban J connectivity index is 0.000000229. The number of carboxylic acid groups (broad SMARTS) is 2. The van der Waals surface area contributed by atoms with Crippen molar-refractivity contribution in [3.63, 3.8) is 0 Å². The first-order chi connectivity index (χ1) is 16.1. The summed E-state index contributed by atoms with van der Waals surface area (Å²) >= 11 is 1.55. The fraction of sp³-hybridized carbons (Fsp3) is 0.0870. The lowest BCUT2D eigenvalue weighted by atomic mass is 10.1. The first-order valence-corrected chi connectivity index (χ1v) is 12.2. The van der Waals surface area contributed by atoms with Crippen molar-refractivity contribution in [3.05, 3.63) is 88.5 Å². The van der Waals surface area contributed by atoms with Crippen LogP contribution >= 0.6 is 11.3 Å². The molecule has 0 saturated heterocycles. The number of carboxylic acids is 2. The average molecular weight is 500 g/mol. The van der Waals surface area contributed by atoms with Crippen molar-refractivity contribution in [1.82, 2.24) is 8.96 Å². The van der Waals surface area contributed by atoms with Crippen LogP contribution in [0, 0.1) is 6.92 Å². The molecule has 0 fully saturated rings. The van der Waals surface area contributed by atoms with Gasteiger partial charge in [-0.05, 0) is 54.3 Å². The van der Waals surface area contributed by atoms with Gasteiger partial charge in [0.05, 0.1) is 22.5 Å². The van der Waals surface area contributed by atoms with Gasteiger partial charge in [0.25, 0.3) is 10.0 Å². The van der Waals surface area contributed by atoms with E-state index in [-0.39, 0.29) is 16.0 Å². The van der Waals surface area contributed by atoms with Crippen LogP contribution in [0.15, 0.2) is 76.7 Å². The lowest BCUT2D eigenvalue weighted by molar-refractivity contribution is 0.0696. The van der Waals surface area contributed by atoms with Crippen LogP contribution < -0.4 is 5.32 Å². The largest absolute Gasteiger partial charge is 0.478 e. The maximum atomic E-state index is 12.9. The zero-order valence-electron chi connectivity index (χ0n) is 18.2. The molecular weight excluding hydrogens is 478 g/mol. The van der Waals surface area contributed by atoms with Gasteiger partial charge >= 0.3 is 11.9 Å². The molecule has 176 valence electrons. The van der Waals surface area contributed by atoms with Crippen LogP contribution in [-0.4, -0.2) is 46.6 Å². The number of rotatable bonds is 6. The highest BCUT2D eigenvalue weighted by molar-refractivity contribution is 7.90. The summed E-state index contributed by atoms with van der Waals surface area (Å²) in [5.41, 5.74) is 3.32. The fourth-order valence-corrected chi connectivity index (χ4v) is 5.17. The summed E-state index contributed by atoms with van der Waals surface area (Å²) in [6, 6.07) is 10.2. The molecule has 3 aromatic heterocycles. The first kappa shape index (κ1) is 24.7. The molecule has 9 nitrogen and oxygen atoms in total. The number of aromatic carboxylic acids is 2. The molecule has 0 amide bonds. The van der Waals surface area contributed by atoms with E-state index in [0.29, 0.717) is 5.69 Å². The molecule has 0 unspecified atom stereocenters. The summed E-state index contributed by atoms with van der Waals surface area (Å²) in [5.74, 6) is -2.25. The second-order valence-electron chi connectivity index (χ2n) is 7.01. The van der Waals surface area contributed by atoms with Crippen molar-refractivity contribution in [2.24, 2.45) is 0 Å². The molecule has 0 spiro atoms. The molecule has 11 heteroatoms. The second-order valence-corrected chi connectivity index (χ2v) is 9.57. The molecule has 3 N–H and O–H groups in total. The Morgan fingerprint density at radius 1 is 1.03 bits per heavy atom. The van der Waals surface area contributed by atoms with E-state index in [9.17, 15) is 18.0 Å². The quantitative estimate of drug-likeness (QED) is 0.357. The highest BCUT2D eigenvalue weighted by atomic mass is 32.2. The van der Waals surface area contributed by atoms with Crippen LogP contribution in [0.4, 0.5) is 5.69 Å². The number of hydrogen-bond acceptors (Lipinski definition) is 7. The predicted molar refractivity (Wildman–Crippen MR) is 129 cm³/mol. The Morgan fingerprint density at radius 3 is 2.21 bits per heavy atom. The van der Waals surface area contributed by atoms with Crippen molar-refractivity contribution in [3.8, 4) is 11.3 Å². The molecule has 34 heavy (non-hydrogen) atoms. The molecule has 0 radical (unpaired) electrons. The van der Waals surface area contributed by atoms with Gasteiger partial charge in [-0.15, -0.1) is 0 Å². The number of nitrogens with zero attached hydrogens (tertiary/aromatic N) is 2. The van der Waals surface area contributed by atoms with Crippen molar-refractivity contribution in [2.45, 2.75) is 11.8 Å². The van der Waals surface area contributed by atoms with Crippen LogP contribution in [0.1, 0.15) is 26.3 Å². The van der Waals surface area contributed by atoms with E-state index in [1.807, 2.05) is 23.8 Å². The van der Waals surface area contributed by atoms with Crippen LogP contribution in [0.3, 0.4) is 0 Å². The average Bonchev–Trinajstić information content (AvgIpc) is 3.46. The van der Waals surface area contributed by atoms with Gasteiger partial charge in [-0.2, -0.15) is 11.3 Å². The van der Waals surface area contributed by atoms with E-state index < -0.39 is 22.0 Å². The number of aromatic nitrogens is 2. The summed E-state index contributed by atoms with van der Waals surface area (Å²) < 4.78 is 27.1. The molecule has 4 rings (SSSR count). The third kappa shape index (κ3) is 5.33. The molecule has 1 aromatic carbocycles. The lowest BCUT2D eigenvalue weighted by Gasteiger charge is -2.10. The topological polar surface area (TPSA) is 139 Å². The van der Waals surface area contributed by atoms with E-state index in [4.69, 9.17) is 10.2 Å². The number of anilines is 1. The minimum Gasteiger partial charge on any atom is -0.478 e. The molecule has 0 atom stereocenters. The minimum atomic E-state index is -3.68.